The van der Waals surface area contributed by atoms with E-state index in [0.717, 1.165) is 5.69 Å². The highest BCUT2D eigenvalue weighted by molar-refractivity contribution is 6.32. The van der Waals surface area contributed by atoms with E-state index in [0.29, 0.717) is 30.3 Å². The van der Waals surface area contributed by atoms with E-state index in [1.54, 1.807) is 42.1 Å². The van der Waals surface area contributed by atoms with Crippen LogP contribution in [0.3, 0.4) is 0 Å². The number of hydrogen-bond donors (Lipinski definition) is 2. The summed E-state index contributed by atoms with van der Waals surface area (Å²) in [5.41, 5.74) is 1.39. The number of aromatic nitrogens is 1. The van der Waals surface area contributed by atoms with E-state index >= 15 is 0 Å². The molecule has 6 heteroatoms. The third-order valence-corrected chi connectivity index (χ3v) is 3.38. The van der Waals surface area contributed by atoms with Gasteiger partial charge in [0.05, 0.1) is 17.3 Å². The van der Waals surface area contributed by atoms with E-state index in [4.69, 9.17) is 16.3 Å². The molecule has 0 fully saturated rings. The van der Waals surface area contributed by atoms with Gasteiger partial charge in [-0.05, 0) is 12.1 Å². The lowest BCUT2D eigenvalue weighted by Gasteiger charge is -2.11. The van der Waals surface area contributed by atoms with Crippen LogP contribution in [0.1, 0.15) is 5.56 Å². The Kier molecular flexibility index (Phi) is 5.25. The number of aromatic hydroxyl groups is 1. The highest BCUT2D eigenvalue weighted by Gasteiger charge is 2.05. The van der Waals surface area contributed by atoms with Gasteiger partial charge in [0.1, 0.15) is 5.75 Å². The van der Waals surface area contributed by atoms with Crippen molar-refractivity contribution in [2.45, 2.75) is 13.1 Å². The third-order valence-electron chi connectivity index (χ3n) is 3.07. The molecule has 0 aliphatic heterocycles. The zero-order chi connectivity index (χ0) is 15.2. The average Bonchev–Trinajstić information content (AvgIpc) is 2.49. The Morgan fingerprint density at radius 3 is 2.90 bits per heavy atom. The summed E-state index contributed by atoms with van der Waals surface area (Å²) in [6.45, 7) is 1.38. The Morgan fingerprint density at radius 1 is 1.33 bits per heavy atom. The van der Waals surface area contributed by atoms with Crippen LogP contribution in [0.4, 0.5) is 5.69 Å². The van der Waals surface area contributed by atoms with E-state index in [2.05, 4.69) is 5.32 Å². The Labute approximate surface area is 127 Å². The van der Waals surface area contributed by atoms with Crippen LogP contribution in [-0.2, 0) is 17.8 Å². The minimum atomic E-state index is -0.0804. The summed E-state index contributed by atoms with van der Waals surface area (Å²) in [6, 6.07) is 8.39. The van der Waals surface area contributed by atoms with Crippen molar-refractivity contribution in [2.75, 3.05) is 19.0 Å². The molecule has 0 saturated heterocycles. The van der Waals surface area contributed by atoms with Crippen LogP contribution in [0.2, 0.25) is 5.02 Å². The first-order valence-corrected chi connectivity index (χ1v) is 6.89. The molecule has 0 aliphatic carbocycles. The summed E-state index contributed by atoms with van der Waals surface area (Å²) in [5, 5.41) is 13.3. The number of para-hydroxylation sites is 1. The van der Waals surface area contributed by atoms with Crippen molar-refractivity contribution < 1.29 is 9.84 Å². The summed E-state index contributed by atoms with van der Waals surface area (Å²) in [7, 11) is 1.59. The van der Waals surface area contributed by atoms with Crippen LogP contribution in [-0.4, -0.2) is 23.4 Å². The van der Waals surface area contributed by atoms with Gasteiger partial charge in [0, 0.05) is 38.0 Å². The Morgan fingerprint density at radius 2 is 2.14 bits per heavy atom. The summed E-state index contributed by atoms with van der Waals surface area (Å²) in [6.07, 6.45) is 1.73. The molecule has 1 heterocycles. The van der Waals surface area contributed by atoms with Gasteiger partial charge in [-0.2, -0.15) is 0 Å². The number of rotatable bonds is 6. The van der Waals surface area contributed by atoms with Gasteiger partial charge in [-0.1, -0.05) is 23.7 Å². The number of methoxy groups -OCH3 is 1. The number of hydrogen-bond acceptors (Lipinski definition) is 4. The molecule has 0 amide bonds. The summed E-state index contributed by atoms with van der Waals surface area (Å²) < 4.78 is 6.54. The summed E-state index contributed by atoms with van der Waals surface area (Å²) >= 11 is 5.86. The van der Waals surface area contributed by atoms with Gasteiger partial charge in [0.25, 0.3) is 5.56 Å². The number of benzene rings is 1. The average molecular weight is 309 g/mol. The van der Waals surface area contributed by atoms with Gasteiger partial charge in [-0.25, -0.2) is 0 Å². The van der Waals surface area contributed by atoms with E-state index in [1.807, 2.05) is 0 Å². The van der Waals surface area contributed by atoms with Crippen LogP contribution in [0.25, 0.3) is 0 Å². The van der Waals surface area contributed by atoms with Crippen LogP contribution in [0.5, 0.6) is 5.75 Å². The minimum absolute atomic E-state index is 0.0689. The maximum Gasteiger partial charge on any atom is 0.250 e. The number of ether oxygens (including phenoxy) is 1. The second-order valence-electron chi connectivity index (χ2n) is 4.54. The highest BCUT2D eigenvalue weighted by atomic mass is 35.5. The number of pyridine rings is 1. The van der Waals surface area contributed by atoms with Crippen LogP contribution < -0.4 is 10.9 Å². The maximum absolute atomic E-state index is 11.7. The first-order chi connectivity index (χ1) is 10.1. The van der Waals surface area contributed by atoms with Crippen LogP contribution >= 0.6 is 11.6 Å². The predicted octanol–water partition coefficient (Wildman–Crippen LogP) is 2.47. The molecule has 0 radical (unpaired) electrons. The van der Waals surface area contributed by atoms with E-state index < -0.39 is 0 Å². The van der Waals surface area contributed by atoms with Crippen molar-refractivity contribution in [2.24, 2.45) is 0 Å². The fourth-order valence-electron chi connectivity index (χ4n) is 1.90. The Hall–Kier alpha value is -1.98. The molecule has 5 nitrogen and oxygen atoms in total. The number of phenolic OH excluding ortho intramolecular Hbond substituents is 1. The summed E-state index contributed by atoms with van der Waals surface area (Å²) in [4.78, 5) is 11.7. The molecule has 1 aromatic carbocycles. The molecule has 2 N–H and O–H groups in total. The quantitative estimate of drug-likeness (QED) is 0.860. The lowest BCUT2D eigenvalue weighted by Crippen LogP contribution is -2.21. The zero-order valence-corrected chi connectivity index (χ0v) is 12.4. The highest BCUT2D eigenvalue weighted by Crippen LogP contribution is 2.27. The third kappa shape index (κ3) is 4.00. The maximum atomic E-state index is 11.7. The molecular weight excluding hydrogens is 292 g/mol. The molecule has 0 aliphatic rings. The number of nitrogens with zero attached hydrogens (tertiary/aromatic N) is 1. The molecule has 0 saturated carbocycles. The van der Waals surface area contributed by atoms with Gasteiger partial charge in [-0.15, -0.1) is 0 Å². The van der Waals surface area contributed by atoms with Crippen molar-refractivity contribution in [3.8, 4) is 5.75 Å². The smallest absolute Gasteiger partial charge is 0.250 e. The fourth-order valence-corrected chi connectivity index (χ4v) is 2.09. The number of phenols is 1. The molecule has 0 spiro atoms. The molecule has 0 bridgehead atoms. The SMILES string of the molecule is COCCn1cc(NCc2cccc(Cl)c2O)ccc1=O. The molecule has 2 aromatic rings. The fraction of sp³-hybridized carbons (Fsp3) is 0.267. The lowest BCUT2D eigenvalue weighted by molar-refractivity contribution is 0.186. The first-order valence-electron chi connectivity index (χ1n) is 6.51. The largest absolute Gasteiger partial charge is 0.506 e. The molecule has 21 heavy (non-hydrogen) atoms. The molecule has 112 valence electrons. The lowest BCUT2D eigenvalue weighted by atomic mass is 10.2. The van der Waals surface area contributed by atoms with E-state index in [-0.39, 0.29) is 11.3 Å². The van der Waals surface area contributed by atoms with Gasteiger partial charge >= 0.3 is 0 Å². The molecule has 1 aromatic heterocycles. The van der Waals surface area contributed by atoms with Gasteiger partial charge in [-0.3, -0.25) is 4.79 Å². The number of anilines is 1. The first kappa shape index (κ1) is 15.4. The topological polar surface area (TPSA) is 63.5 Å². The number of nitrogens with one attached hydrogen (secondary N) is 1. The van der Waals surface area contributed by atoms with Gasteiger partial charge in [0.2, 0.25) is 0 Å². The summed E-state index contributed by atoms with van der Waals surface area (Å²) in [5.74, 6) is 0.0689. The van der Waals surface area contributed by atoms with Crippen molar-refractivity contribution in [3.63, 3.8) is 0 Å². The second-order valence-corrected chi connectivity index (χ2v) is 4.95. The normalized spacial score (nSPS) is 10.6. The minimum Gasteiger partial charge on any atom is -0.506 e. The molecule has 0 atom stereocenters. The monoisotopic (exact) mass is 308 g/mol. The molecular formula is C15H17ClN2O3. The Bertz CT molecular complexity index is 670. The Balaban J connectivity index is 2.09. The van der Waals surface area contributed by atoms with Crippen molar-refractivity contribution >= 4 is 17.3 Å². The van der Waals surface area contributed by atoms with Crippen LogP contribution in [0, 0.1) is 0 Å². The van der Waals surface area contributed by atoms with Crippen molar-refractivity contribution in [1.82, 2.24) is 4.57 Å². The molecule has 2 rings (SSSR count). The van der Waals surface area contributed by atoms with Crippen molar-refractivity contribution in [3.05, 3.63) is 57.5 Å². The number of halogens is 1. The van der Waals surface area contributed by atoms with Crippen molar-refractivity contribution in [1.29, 1.82) is 0 Å². The predicted molar refractivity (Wildman–Crippen MR) is 83.0 cm³/mol. The molecule has 0 unspecified atom stereocenters. The van der Waals surface area contributed by atoms with Crippen LogP contribution in [0.15, 0.2) is 41.3 Å². The zero-order valence-electron chi connectivity index (χ0n) is 11.7. The second kappa shape index (κ2) is 7.15. The van der Waals surface area contributed by atoms with E-state index in [1.165, 1.54) is 6.07 Å². The van der Waals surface area contributed by atoms with Gasteiger partial charge < -0.3 is 19.7 Å². The van der Waals surface area contributed by atoms with Gasteiger partial charge in [0.15, 0.2) is 0 Å². The van der Waals surface area contributed by atoms with E-state index in [9.17, 15) is 9.90 Å². The standard InChI is InChI=1S/C15H17ClN2O3/c1-21-8-7-18-10-12(5-6-14(18)19)17-9-11-3-2-4-13(16)15(11)20/h2-6,10,17,20H,7-9H2,1H3.